The minimum Gasteiger partial charge on any atom is -0.379 e. The van der Waals surface area contributed by atoms with Crippen LogP contribution in [0, 0.1) is 6.92 Å². The lowest BCUT2D eigenvalue weighted by atomic mass is 10.5. The van der Waals surface area contributed by atoms with Crippen molar-refractivity contribution in [1.82, 2.24) is 15.4 Å². The van der Waals surface area contributed by atoms with E-state index in [1.807, 2.05) is 13.1 Å². The summed E-state index contributed by atoms with van der Waals surface area (Å²) in [7, 11) is 0. The van der Waals surface area contributed by atoms with Crippen LogP contribution in [-0.4, -0.2) is 36.3 Å². The lowest BCUT2D eigenvalue weighted by Gasteiger charge is -2.26. The summed E-state index contributed by atoms with van der Waals surface area (Å²) in [6.45, 7) is 6.51. The smallest absolute Gasteiger partial charge is 0.0897 e. The Kier molecular flexibility index (Phi) is 3.47. The van der Waals surface area contributed by atoms with Gasteiger partial charge in [0.2, 0.25) is 0 Å². The minimum atomic E-state index is 0.828. The Morgan fingerprint density at radius 3 is 3.00 bits per heavy atom. The van der Waals surface area contributed by atoms with Crippen molar-refractivity contribution in [2.24, 2.45) is 0 Å². The van der Waals surface area contributed by atoms with Crippen molar-refractivity contribution in [3.63, 3.8) is 0 Å². The first-order valence-corrected chi connectivity index (χ1v) is 5.64. The molecular formula is C9H15N3OS. The Hall–Kier alpha value is -0.490. The van der Waals surface area contributed by atoms with E-state index < -0.39 is 0 Å². The van der Waals surface area contributed by atoms with Crippen LogP contribution >= 0.6 is 11.3 Å². The molecule has 0 radical (unpaired) electrons. The summed E-state index contributed by atoms with van der Waals surface area (Å²) in [4.78, 5) is 5.50. The Labute approximate surface area is 87.9 Å². The van der Waals surface area contributed by atoms with E-state index in [-0.39, 0.29) is 0 Å². The molecule has 0 unspecified atom stereocenters. The van der Waals surface area contributed by atoms with Crippen molar-refractivity contribution >= 4 is 11.3 Å². The van der Waals surface area contributed by atoms with E-state index in [2.05, 4.69) is 15.4 Å². The van der Waals surface area contributed by atoms with Gasteiger partial charge in [0.05, 0.1) is 18.2 Å². The number of nitrogens with zero attached hydrogens (tertiary/aromatic N) is 2. The molecule has 1 aromatic rings. The lowest BCUT2D eigenvalue weighted by Crippen LogP contribution is -2.45. The molecule has 0 bridgehead atoms. The molecule has 14 heavy (non-hydrogen) atoms. The van der Waals surface area contributed by atoms with Gasteiger partial charge in [-0.1, -0.05) is 0 Å². The van der Waals surface area contributed by atoms with Crippen molar-refractivity contribution < 1.29 is 4.74 Å². The van der Waals surface area contributed by atoms with E-state index >= 15 is 0 Å². The normalized spacial score (nSPS) is 18.6. The SMILES string of the molecule is Cc1ncc(CNN2CCOCC2)s1. The predicted octanol–water partition coefficient (Wildman–Crippen LogP) is 0.788. The molecular weight excluding hydrogens is 198 g/mol. The number of aryl methyl sites for hydroxylation is 1. The molecule has 1 saturated heterocycles. The zero-order valence-electron chi connectivity index (χ0n) is 8.32. The van der Waals surface area contributed by atoms with Gasteiger partial charge in [-0.25, -0.2) is 15.4 Å². The number of aromatic nitrogens is 1. The summed E-state index contributed by atoms with van der Waals surface area (Å²) in [6, 6.07) is 0. The molecule has 0 aromatic carbocycles. The average Bonchev–Trinajstić information content (AvgIpc) is 2.63. The zero-order valence-corrected chi connectivity index (χ0v) is 9.14. The topological polar surface area (TPSA) is 37.4 Å². The fraction of sp³-hybridized carbons (Fsp3) is 0.667. The summed E-state index contributed by atoms with van der Waals surface area (Å²) in [5.74, 6) is 0. The highest BCUT2D eigenvalue weighted by Crippen LogP contribution is 2.10. The van der Waals surface area contributed by atoms with E-state index in [0.29, 0.717) is 0 Å². The second kappa shape index (κ2) is 4.84. The molecule has 1 aliphatic rings. The Balaban J connectivity index is 1.76. The van der Waals surface area contributed by atoms with Crippen molar-refractivity contribution in [2.45, 2.75) is 13.5 Å². The molecule has 0 saturated carbocycles. The average molecular weight is 213 g/mol. The van der Waals surface area contributed by atoms with Crippen LogP contribution in [-0.2, 0) is 11.3 Å². The molecule has 1 aliphatic heterocycles. The van der Waals surface area contributed by atoms with Gasteiger partial charge in [-0.05, 0) is 6.92 Å². The molecule has 0 aliphatic carbocycles. The Morgan fingerprint density at radius 2 is 2.36 bits per heavy atom. The van der Waals surface area contributed by atoms with Crippen LogP contribution < -0.4 is 5.43 Å². The highest BCUT2D eigenvalue weighted by molar-refractivity contribution is 7.11. The molecule has 5 heteroatoms. The highest BCUT2D eigenvalue weighted by atomic mass is 32.1. The molecule has 2 heterocycles. The fourth-order valence-corrected chi connectivity index (χ4v) is 2.13. The summed E-state index contributed by atoms with van der Waals surface area (Å²) in [6.07, 6.45) is 1.94. The van der Waals surface area contributed by atoms with Crippen molar-refractivity contribution in [2.75, 3.05) is 26.3 Å². The van der Waals surface area contributed by atoms with Gasteiger partial charge < -0.3 is 4.74 Å². The monoisotopic (exact) mass is 213 g/mol. The third-order valence-corrected chi connectivity index (χ3v) is 3.07. The number of thiazole rings is 1. The number of rotatable bonds is 3. The van der Waals surface area contributed by atoms with Gasteiger partial charge in [-0.3, -0.25) is 0 Å². The second-order valence-electron chi connectivity index (χ2n) is 3.28. The van der Waals surface area contributed by atoms with Gasteiger partial charge in [0.25, 0.3) is 0 Å². The van der Waals surface area contributed by atoms with E-state index in [0.717, 1.165) is 37.9 Å². The van der Waals surface area contributed by atoms with E-state index in [1.165, 1.54) is 4.88 Å². The number of morpholine rings is 1. The van der Waals surface area contributed by atoms with Crippen LogP contribution in [0.4, 0.5) is 0 Å². The third-order valence-electron chi connectivity index (χ3n) is 2.16. The van der Waals surface area contributed by atoms with Crippen LogP contribution in [0.5, 0.6) is 0 Å². The van der Waals surface area contributed by atoms with Gasteiger partial charge >= 0.3 is 0 Å². The van der Waals surface area contributed by atoms with E-state index in [9.17, 15) is 0 Å². The summed E-state index contributed by atoms with van der Waals surface area (Å²) < 4.78 is 5.26. The maximum atomic E-state index is 5.26. The second-order valence-corrected chi connectivity index (χ2v) is 4.60. The fourth-order valence-electron chi connectivity index (χ4n) is 1.40. The zero-order chi connectivity index (χ0) is 9.80. The first kappa shape index (κ1) is 10.0. The van der Waals surface area contributed by atoms with Gasteiger partial charge in [-0.2, -0.15) is 0 Å². The molecule has 1 aromatic heterocycles. The third kappa shape index (κ3) is 2.75. The Bertz CT molecular complexity index is 283. The molecule has 0 spiro atoms. The molecule has 0 amide bonds. The van der Waals surface area contributed by atoms with Crippen LogP contribution in [0.15, 0.2) is 6.20 Å². The number of hydrogen-bond acceptors (Lipinski definition) is 5. The molecule has 1 fully saturated rings. The van der Waals surface area contributed by atoms with Crippen LogP contribution in [0.3, 0.4) is 0 Å². The first-order chi connectivity index (χ1) is 6.84. The predicted molar refractivity (Wildman–Crippen MR) is 56.1 cm³/mol. The quantitative estimate of drug-likeness (QED) is 0.805. The number of ether oxygens (including phenoxy) is 1. The van der Waals surface area contributed by atoms with Gasteiger partial charge in [0.1, 0.15) is 0 Å². The van der Waals surface area contributed by atoms with Crippen molar-refractivity contribution in [3.8, 4) is 0 Å². The van der Waals surface area contributed by atoms with Gasteiger partial charge in [-0.15, -0.1) is 11.3 Å². The van der Waals surface area contributed by atoms with Crippen molar-refractivity contribution in [3.05, 3.63) is 16.1 Å². The molecule has 4 nitrogen and oxygen atoms in total. The lowest BCUT2D eigenvalue weighted by molar-refractivity contribution is 0.0107. The molecule has 78 valence electrons. The summed E-state index contributed by atoms with van der Waals surface area (Å²) in [5, 5.41) is 3.34. The largest absolute Gasteiger partial charge is 0.379 e. The summed E-state index contributed by atoms with van der Waals surface area (Å²) >= 11 is 1.74. The van der Waals surface area contributed by atoms with E-state index in [4.69, 9.17) is 4.74 Å². The Morgan fingerprint density at radius 1 is 1.57 bits per heavy atom. The summed E-state index contributed by atoms with van der Waals surface area (Å²) in [5.41, 5.74) is 3.37. The standard InChI is InChI=1S/C9H15N3OS/c1-8-10-6-9(14-8)7-11-12-2-4-13-5-3-12/h6,11H,2-5,7H2,1H3. The van der Waals surface area contributed by atoms with Crippen molar-refractivity contribution in [1.29, 1.82) is 0 Å². The van der Waals surface area contributed by atoms with Gasteiger partial charge in [0, 0.05) is 30.7 Å². The maximum absolute atomic E-state index is 5.26. The van der Waals surface area contributed by atoms with Crippen LogP contribution in [0.1, 0.15) is 9.88 Å². The van der Waals surface area contributed by atoms with Crippen LogP contribution in [0.25, 0.3) is 0 Å². The number of nitrogens with one attached hydrogen (secondary N) is 1. The molecule has 0 atom stereocenters. The highest BCUT2D eigenvalue weighted by Gasteiger charge is 2.09. The molecule has 2 rings (SSSR count). The van der Waals surface area contributed by atoms with E-state index in [1.54, 1.807) is 11.3 Å². The van der Waals surface area contributed by atoms with Crippen LogP contribution in [0.2, 0.25) is 0 Å². The van der Waals surface area contributed by atoms with Gasteiger partial charge in [0.15, 0.2) is 0 Å². The first-order valence-electron chi connectivity index (χ1n) is 4.82. The molecule has 1 N–H and O–H groups in total. The minimum absolute atomic E-state index is 0.828. The number of hydrazine groups is 1. The number of hydrogen-bond donors (Lipinski definition) is 1. The maximum Gasteiger partial charge on any atom is 0.0897 e.